The molecule has 0 radical (unpaired) electrons. The van der Waals surface area contributed by atoms with Crippen molar-refractivity contribution in [3.05, 3.63) is 29.8 Å². The van der Waals surface area contributed by atoms with Crippen LogP contribution in [0, 0.1) is 0 Å². The molecule has 0 spiro atoms. The van der Waals surface area contributed by atoms with E-state index in [0.717, 1.165) is 24.1 Å². The standard InChI is InChI=1S/C22H34N2O3/c1-4-6-7-8-9-10-15-22(26)27-23-19-16-17(3)24(21(25)5-2)20-14-12-11-13-18(19)20/h11-14,17,19,23H,4-10,15-16H2,1-3H3. The zero-order valence-electron chi connectivity index (χ0n) is 17.0. The predicted octanol–water partition coefficient (Wildman–Crippen LogP) is 5.06. The van der Waals surface area contributed by atoms with Gasteiger partial charge in [0.1, 0.15) is 0 Å². The summed E-state index contributed by atoms with van der Waals surface area (Å²) >= 11 is 0. The van der Waals surface area contributed by atoms with Crippen LogP contribution in [0.15, 0.2) is 24.3 Å². The van der Waals surface area contributed by atoms with Gasteiger partial charge in [-0.25, -0.2) is 0 Å². The Balaban J connectivity index is 1.87. The summed E-state index contributed by atoms with van der Waals surface area (Å²) in [5.74, 6) is -0.0869. The molecule has 150 valence electrons. The Hall–Kier alpha value is -1.88. The third-order valence-electron chi connectivity index (χ3n) is 5.21. The van der Waals surface area contributed by atoms with Crippen molar-refractivity contribution in [3.63, 3.8) is 0 Å². The van der Waals surface area contributed by atoms with E-state index < -0.39 is 0 Å². The molecule has 27 heavy (non-hydrogen) atoms. The summed E-state index contributed by atoms with van der Waals surface area (Å²) in [6, 6.07) is 7.82. The minimum absolute atomic E-state index is 0.0575. The normalized spacial score (nSPS) is 18.9. The summed E-state index contributed by atoms with van der Waals surface area (Å²) in [4.78, 5) is 31.6. The number of benzene rings is 1. The quantitative estimate of drug-likeness (QED) is 0.459. The molecular weight excluding hydrogens is 340 g/mol. The Kier molecular flexibility index (Phi) is 8.79. The molecule has 0 bridgehead atoms. The monoisotopic (exact) mass is 374 g/mol. The van der Waals surface area contributed by atoms with Gasteiger partial charge >= 0.3 is 5.97 Å². The van der Waals surface area contributed by atoms with Crippen molar-refractivity contribution in [1.29, 1.82) is 0 Å². The number of hydrogen-bond acceptors (Lipinski definition) is 4. The van der Waals surface area contributed by atoms with E-state index in [1.807, 2.05) is 43.0 Å². The zero-order chi connectivity index (χ0) is 19.6. The number of unbranched alkanes of at least 4 members (excludes halogenated alkanes) is 5. The van der Waals surface area contributed by atoms with E-state index in [-0.39, 0.29) is 24.0 Å². The van der Waals surface area contributed by atoms with Crippen LogP contribution in [-0.4, -0.2) is 17.9 Å². The summed E-state index contributed by atoms with van der Waals surface area (Å²) in [5.41, 5.74) is 4.87. The van der Waals surface area contributed by atoms with Crippen LogP contribution in [0.3, 0.4) is 0 Å². The van der Waals surface area contributed by atoms with Gasteiger partial charge in [0, 0.05) is 24.6 Å². The van der Waals surface area contributed by atoms with E-state index in [4.69, 9.17) is 4.84 Å². The lowest BCUT2D eigenvalue weighted by atomic mass is 9.92. The van der Waals surface area contributed by atoms with E-state index in [0.29, 0.717) is 19.3 Å². The summed E-state index contributed by atoms with van der Waals surface area (Å²) < 4.78 is 0. The minimum Gasteiger partial charge on any atom is -0.370 e. The van der Waals surface area contributed by atoms with Crippen LogP contribution >= 0.6 is 0 Å². The van der Waals surface area contributed by atoms with Gasteiger partial charge in [0.05, 0.1) is 6.04 Å². The van der Waals surface area contributed by atoms with Gasteiger partial charge in [-0.1, -0.05) is 64.2 Å². The molecule has 1 aromatic rings. The van der Waals surface area contributed by atoms with Crippen molar-refractivity contribution in [2.24, 2.45) is 0 Å². The molecule has 1 heterocycles. The van der Waals surface area contributed by atoms with Gasteiger partial charge in [-0.2, -0.15) is 0 Å². The fourth-order valence-electron chi connectivity index (χ4n) is 3.71. The van der Waals surface area contributed by atoms with Gasteiger partial charge in [0.25, 0.3) is 0 Å². The highest BCUT2D eigenvalue weighted by molar-refractivity contribution is 5.95. The zero-order valence-corrected chi connectivity index (χ0v) is 17.0. The van der Waals surface area contributed by atoms with E-state index in [1.165, 1.54) is 25.7 Å². The highest BCUT2D eigenvalue weighted by Crippen LogP contribution is 2.37. The number of rotatable bonds is 10. The van der Waals surface area contributed by atoms with Gasteiger partial charge in [-0.05, 0) is 31.4 Å². The molecule has 1 aromatic carbocycles. The third-order valence-corrected chi connectivity index (χ3v) is 5.21. The average Bonchev–Trinajstić information content (AvgIpc) is 2.68. The van der Waals surface area contributed by atoms with Crippen molar-refractivity contribution in [1.82, 2.24) is 5.48 Å². The summed E-state index contributed by atoms with van der Waals surface area (Å²) in [7, 11) is 0. The Morgan fingerprint density at radius 1 is 1.11 bits per heavy atom. The topological polar surface area (TPSA) is 58.6 Å². The number of nitrogens with zero attached hydrogens (tertiary/aromatic N) is 1. The van der Waals surface area contributed by atoms with Crippen LogP contribution in [0.5, 0.6) is 0 Å². The Morgan fingerprint density at radius 3 is 2.56 bits per heavy atom. The SMILES string of the molecule is CCCCCCCCC(=O)ONC1CC(C)N(C(=O)CC)c2ccccc21. The molecule has 1 aliphatic rings. The molecule has 0 aromatic heterocycles. The maximum Gasteiger partial charge on any atom is 0.324 e. The molecule has 0 aliphatic carbocycles. The van der Waals surface area contributed by atoms with E-state index in [1.54, 1.807) is 0 Å². The molecule has 1 amide bonds. The van der Waals surface area contributed by atoms with E-state index in [9.17, 15) is 9.59 Å². The maximum absolute atomic E-state index is 12.3. The summed E-state index contributed by atoms with van der Waals surface area (Å²) in [6.07, 6.45) is 8.52. The van der Waals surface area contributed by atoms with Crippen molar-refractivity contribution in [3.8, 4) is 0 Å². The van der Waals surface area contributed by atoms with Gasteiger partial charge < -0.3 is 9.74 Å². The molecule has 0 saturated carbocycles. The number of para-hydroxylation sites is 1. The largest absolute Gasteiger partial charge is 0.370 e. The molecule has 5 nitrogen and oxygen atoms in total. The predicted molar refractivity (Wildman–Crippen MR) is 108 cm³/mol. The highest BCUT2D eigenvalue weighted by Gasteiger charge is 2.33. The van der Waals surface area contributed by atoms with Crippen LogP contribution in [0.25, 0.3) is 0 Å². The van der Waals surface area contributed by atoms with Crippen LogP contribution in [0.4, 0.5) is 5.69 Å². The molecule has 1 N–H and O–H groups in total. The highest BCUT2D eigenvalue weighted by atomic mass is 16.7. The van der Waals surface area contributed by atoms with Crippen LogP contribution < -0.4 is 10.4 Å². The number of anilines is 1. The first-order chi connectivity index (χ1) is 13.1. The van der Waals surface area contributed by atoms with Crippen molar-refractivity contribution in [2.45, 2.75) is 90.6 Å². The number of carbonyl (C=O) groups excluding carboxylic acids is 2. The first-order valence-electron chi connectivity index (χ1n) is 10.4. The van der Waals surface area contributed by atoms with Gasteiger partial charge in [-0.15, -0.1) is 5.48 Å². The first kappa shape index (κ1) is 21.4. The molecule has 2 rings (SSSR count). The van der Waals surface area contributed by atoms with Crippen molar-refractivity contribution < 1.29 is 14.4 Å². The number of carbonyl (C=O) groups is 2. The molecule has 0 fully saturated rings. The number of hydroxylamine groups is 1. The van der Waals surface area contributed by atoms with Crippen LogP contribution in [0.1, 0.15) is 90.2 Å². The molecule has 0 saturated heterocycles. The second-order valence-electron chi connectivity index (χ2n) is 7.42. The molecule has 1 aliphatic heterocycles. The van der Waals surface area contributed by atoms with Gasteiger partial charge in [-0.3, -0.25) is 9.59 Å². The molecular formula is C22H34N2O3. The molecule has 2 unspecified atom stereocenters. The minimum atomic E-state index is -0.206. The maximum atomic E-state index is 12.3. The van der Waals surface area contributed by atoms with E-state index in [2.05, 4.69) is 12.4 Å². The smallest absolute Gasteiger partial charge is 0.324 e. The van der Waals surface area contributed by atoms with Crippen molar-refractivity contribution >= 4 is 17.6 Å². The Bertz CT molecular complexity index is 617. The second kappa shape index (κ2) is 11.1. The third kappa shape index (κ3) is 6.06. The Labute approximate surface area is 163 Å². The second-order valence-corrected chi connectivity index (χ2v) is 7.42. The summed E-state index contributed by atoms with van der Waals surface area (Å²) in [6.45, 7) is 6.12. The molecule has 2 atom stereocenters. The Morgan fingerprint density at radius 2 is 1.81 bits per heavy atom. The average molecular weight is 375 g/mol. The first-order valence-corrected chi connectivity index (χ1v) is 10.4. The number of fused-ring (bicyclic) bond motifs is 1. The van der Waals surface area contributed by atoms with Crippen LogP contribution in [0.2, 0.25) is 0 Å². The number of nitrogens with one attached hydrogen (secondary N) is 1. The van der Waals surface area contributed by atoms with Gasteiger partial charge in [0.15, 0.2) is 0 Å². The summed E-state index contributed by atoms with van der Waals surface area (Å²) in [5, 5.41) is 0. The van der Waals surface area contributed by atoms with E-state index >= 15 is 0 Å². The number of amides is 1. The lowest BCUT2D eigenvalue weighted by Gasteiger charge is -2.39. The van der Waals surface area contributed by atoms with Gasteiger partial charge in [0.2, 0.25) is 5.91 Å². The lowest BCUT2D eigenvalue weighted by molar-refractivity contribution is -0.153. The van der Waals surface area contributed by atoms with Crippen molar-refractivity contribution in [2.75, 3.05) is 4.90 Å². The fraction of sp³-hybridized carbons (Fsp3) is 0.636. The molecule has 5 heteroatoms. The van der Waals surface area contributed by atoms with Crippen LogP contribution in [-0.2, 0) is 14.4 Å². The lowest BCUT2D eigenvalue weighted by Crippen LogP contribution is -2.45. The fourth-order valence-corrected chi connectivity index (χ4v) is 3.71. The number of hydrogen-bond donors (Lipinski definition) is 1.